The lowest BCUT2D eigenvalue weighted by atomic mass is 10.1. The highest BCUT2D eigenvalue weighted by Gasteiger charge is 2.35. The van der Waals surface area contributed by atoms with Crippen LogP contribution >= 0.6 is 11.6 Å². The van der Waals surface area contributed by atoms with Crippen molar-refractivity contribution in [3.8, 4) is 11.5 Å². The summed E-state index contributed by atoms with van der Waals surface area (Å²) in [7, 11) is 0. The Morgan fingerprint density at radius 2 is 2.12 bits per heavy atom. The number of oxazole rings is 1. The van der Waals surface area contributed by atoms with Crippen LogP contribution in [0.5, 0.6) is 0 Å². The summed E-state index contributed by atoms with van der Waals surface area (Å²) in [6.45, 7) is 2.21. The molecular formula is C19H16ClN3O3. The van der Waals surface area contributed by atoms with Crippen molar-refractivity contribution >= 4 is 40.2 Å². The van der Waals surface area contributed by atoms with E-state index >= 15 is 0 Å². The van der Waals surface area contributed by atoms with Gasteiger partial charge >= 0.3 is 0 Å². The van der Waals surface area contributed by atoms with Crippen LogP contribution in [0, 0.1) is 12.8 Å². The first-order chi connectivity index (χ1) is 12.4. The molecule has 2 N–H and O–H groups in total. The Morgan fingerprint density at radius 3 is 2.85 bits per heavy atom. The first-order valence-corrected chi connectivity index (χ1v) is 8.57. The van der Waals surface area contributed by atoms with E-state index in [-0.39, 0.29) is 18.9 Å². The first kappa shape index (κ1) is 16.6. The van der Waals surface area contributed by atoms with Crippen LogP contribution in [0.4, 0.5) is 5.69 Å². The molecule has 26 heavy (non-hydrogen) atoms. The lowest BCUT2D eigenvalue weighted by molar-refractivity contribution is -0.123. The molecule has 7 heteroatoms. The zero-order valence-corrected chi connectivity index (χ0v) is 14.8. The number of carbonyl (C=O) groups excluding carboxylic acids is 2. The summed E-state index contributed by atoms with van der Waals surface area (Å²) < 4.78 is 5.82. The van der Waals surface area contributed by atoms with Crippen LogP contribution in [0.15, 0.2) is 40.8 Å². The lowest BCUT2D eigenvalue weighted by Crippen LogP contribution is -2.28. The van der Waals surface area contributed by atoms with Crippen LogP contribution < -0.4 is 10.6 Å². The number of rotatable bonds is 3. The van der Waals surface area contributed by atoms with E-state index in [9.17, 15) is 9.59 Å². The van der Waals surface area contributed by atoms with Gasteiger partial charge in [-0.2, -0.15) is 0 Å². The largest absolute Gasteiger partial charge is 0.436 e. The van der Waals surface area contributed by atoms with E-state index in [1.807, 2.05) is 25.1 Å². The number of nitrogens with zero attached hydrogens (tertiary/aromatic N) is 2. The van der Waals surface area contributed by atoms with Crippen molar-refractivity contribution in [1.29, 1.82) is 0 Å². The van der Waals surface area contributed by atoms with E-state index in [1.54, 1.807) is 18.2 Å². The summed E-state index contributed by atoms with van der Waals surface area (Å²) in [5.74, 6) is -0.723. The zero-order valence-electron chi connectivity index (χ0n) is 14.0. The van der Waals surface area contributed by atoms with Crippen molar-refractivity contribution in [2.24, 2.45) is 11.7 Å². The van der Waals surface area contributed by atoms with E-state index in [0.717, 1.165) is 11.1 Å². The third kappa shape index (κ3) is 2.82. The van der Waals surface area contributed by atoms with E-state index < -0.39 is 11.8 Å². The highest BCUT2D eigenvalue weighted by atomic mass is 35.5. The van der Waals surface area contributed by atoms with Gasteiger partial charge in [0.25, 0.3) is 0 Å². The third-order valence-corrected chi connectivity index (χ3v) is 4.87. The van der Waals surface area contributed by atoms with Gasteiger partial charge in [0.2, 0.25) is 17.7 Å². The van der Waals surface area contributed by atoms with Gasteiger partial charge < -0.3 is 15.1 Å². The Hall–Kier alpha value is -2.86. The maximum atomic E-state index is 12.3. The lowest BCUT2D eigenvalue weighted by Gasteiger charge is -2.18. The van der Waals surface area contributed by atoms with Crippen molar-refractivity contribution in [1.82, 2.24) is 4.98 Å². The minimum absolute atomic E-state index is 0.0953. The van der Waals surface area contributed by atoms with Gasteiger partial charge in [0.15, 0.2) is 5.58 Å². The Kier molecular flexibility index (Phi) is 3.92. The second-order valence-electron chi connectivity index (χ2n) is 6.46. The number of fused-ring (bicyclic) bond motifs is 1. The zero-order chi connectivity index (χ0) is 18.4. The fraction of sp³-hybridized carbons (Fsp3) is 0.211. The minimum Gasteiger partial charge on any atom is -0.436 e. The van der Waals surface area contributed by atoms with Crippen LogP contribution in [0.3, 0.4) is 0 Å². The number of aromatic nitrogens is 1. The minimum atomic E-state index is -0.505. The van der Waals surface area contributed by atoms with E-state index in [4.69, 9.17) is 21.8 Å². The van der Waals surface area contributed by atoms with E-state index in [1.165, 1.54) is 4.90 Å². The standard InChI is InChI=1S/C19H16ClN3O3/c1-10-2-5-16-14(6-10)22-19(26-16)11-3-4-13(20)15(7-11)23-9-12(18(21)25)8-17(23)24/h2-7,12H,8-9H2,1H3,(H2,21,25). The van der Waals surface area contributed by atoms with E-state index in [0.29, 0.717) is 27.7 Å². The average Bonchev–Trinajstić information content (AvgIpc) is 3.18. The van der Waals surface area contributed by atoms with Crippen molar-refractivity contribution in [2.75, 3.05) is 11.4 Å². The summed E-state index contributed by atoms with van der Waals surface area (Å²) in [5.41, 5.74) is 9.11. The normalized spacial score (nSPS) is 17.2. The maximum absolute atomic E-state index is 12.3. The van der Waals surface area contributed by atoms with Gasteiger partial charge in [0.1, 0.15) is 5.52 Å². The predicted octanol–water partition coefficient (Wildman–Crippen LogP) is 3.29. The number of benzene rings is 2. The Labute approximate surface area is 154 Å². The number of aryl methyl sites for hydroxylation is 1. The number of primary amides is 1. The molecule has 1 fully saturated rings. The van der Waals surface area contributed by atoms with Gasteiger partial charge in [-0.1, -0.05) is 17.7 Å². The highest BCUT2D eigenvalue weighted by molar-refractivity contribution is 6.34. The van der Waals surface area contributed by atoms with Crippen LogP contribution in [0.25, 0.3) is 22.6 Å². The molecule has 2 amide bonds. The summed E-state index contributed by atoms with van der Waals surface area (Å²) in [6.07, 6.45) is 0.0953. The van der Waals surface area contributed by atoms with E-state index in [2.05, 4.69) is 4.98 Å². The monoisotopic (exact) mass is 369 g/mol. The second kappa shape index (κ2) is 6.14. The van der Waals surface area contributed by atoms with Gasteiger partial charge in [-0.3, -0.25) is 9.59 Å². The molecule has 6 nitrogen and oxygen atoms in total. The van der Waals surface area contributed by atoms with Gasteiger partial charge in [-0.15, -0.1) is 0 Å². The smallest absolute Gasteiger partial charge is 0.227 e. The molecule has 0 radical (unpaired) electrons. The highest BCUT2D eigenvalue weighted by Crippen LogP contribution is 2.35. The van der Waals surface area contributed by atoms with Crippen LogP contribution in [0.1, 0.15) is 12.0 Å². The number of hydrogen-bond donors (Lipinski definition) is 1. The van der Waals surface area contributed by atoms with Crippen LogP contribution in [-0.4, -0.2) is 23.3 Å². The molecule has 3 aromatic rings. The first-order valence-electron chi connectivity index (χ1n) is 8.19. The molecule has 4 rings (SSSR count). The SMILES string of the molecule is Cc1ccc2oc(-c3ccc(Cl)c(N4CC(C(N)=O)CC4=O)c3)nc2c1. The van der Waals surface area contributed by atoms with Gasteiger partial charge in [-0.25, -0.2) is 4.98 Å². The summed E-state index contributed by atoms with van der Waals surface area (Å²) in [4.78, 5) is 29.7. The molecular weight excluding hydrogens is 354 g/mol. The molecule has 2 heterocycles. The summed E-state index contributed by atoms with van der Waals surface area (Å²) in [6, 6.07) is 11.0. The molecule has 1 saturated heterocycles. The molecule has 1 atom stereocenters. The third-order valence-electron chi connectivity index (χ3n) is 4.55. The molecule has 1 aliphatic rings. The number of hydrogen-bond acceptors (Lipinski definition) is 4. The molecule has 2 aromatic carbocycles. The summed E-state index contributed by atoms with van der Waals surface area (Å²) >= 11 is 6.29. The van der Waals surface area contributed by atoms with Crippen molar-refractivity contribution in [3.05, 3.63) is 47.0 Å². The summed E-state index contributed by atoms with van der Waals surface area (Å²) in [5, 5.41) is 0.416. The number of halogens is 1. The van der Waals surface area contributed by atoms with Gasteiger partial charge in [-0.05, 0) is 42.8 Å². The van der Waals surface area contributed by atoms with Crippen LogP contribution in [-0.2, 0) is 9.59 Å². The molecule has 132 valence electrons. The molecule has 1 unspecified atom stereocenters. The number of nitrogens with two attached hydrogens (primary N) is 1. The maximum Gasteiger partial charge on any atom is 0.227 e. The van der Waals surface area contributed by atoms with Crippen molar-refractivity contribution in [2.45, 2.75) is 13.3 Å². The second-order valence-corrected chi connectivity index (χ2v) is 6.87. The average molecular weight is 370 g/mol. The Balaban J connectivity index is 1.74. The number of amides is 2. The topological polar surface area (TPSA) is 89.4 Å². The molecule has 1 aliphatic heterocycles. The fourth-order valence-corrected chi connectivity index (χ4v) is 3.36. The Morgan fingerprint density at radius 1 is 1.31 bits per heavy atom. The number of anilines is 1. The molecule has 0 bridgehead atoms. The molecule has 0 saturated carbocycles. The Bertz CT molecular complexity index is 1040. The van der Waals surface area contributed by atoms with Crippen LogP contribution in [0.2, 0.25) is 5.02 Å². The van der Waals surface area contributed by atoms with Crippen molar-refractivity contribution < 1.29 is 14.0 Å². The van der Waals surface area contributed by atoms with Gasteiger partial charge in [0, 0.05) is 18.5 Å². The van der Waals surface area contributed by atoms with Crippen molar-refractivity contribution in [3.63, 3.8) is 0 Å². The number of carbonyl (C=O) groups is 2. The predicted molar refractivity (Wildman–Crippen MR) is 98.8 cm³/mol. The quantitative estimate of drug-likeness (QED) is 0.767. The molecule has 0 aliphatic carbocycles. The van der Waals surface area contributed by atoms with Gasteiger partial charge in [0.05, 0.1) is 16.6 Å². The fourth-order valence-electron chi connectivity index (χ4n) is 3.14. The molecule has 1 aromatic heterocycles. The molecule has 0 spiro atoms.